The van der Waals surface area contributed by atoms with Gasteiger partial charge in [-0.25, -0.2) is 4.79 Å². The molecule has 13 nitrogen and oxygen atoms in total. The van der Waals surface area contributed by atoms with Gasteiger partial charge in [-0.2, -0.15) is 0 Å². The van der Waals surface area contributed by atoms with Crippen molar-refractivity contribution in [2.24, 2.45) is 11.8 Å². The van der Waals surface area contributed by atoms with Gasteiger partial charge in [-0.15, -0.1) is 0 Å². The van der Waals surface area contributed by atoms with E-state index in [2.05, 4.69) is 0 Å². The molecule has 0 unspecified atom stereocenters. The fourth-order valence-corrected chi connectivity index (χ4v) is 6.30. The lowest BCUT2D eigenvalue weighted by Crippen LogP contribution is -2.59. The number of carbonyl (C=O) groups excluding carboxylic acids is 1. The number of phenols is 3. The molecule has 1 fully saturated rings. The predicted octanol–water partition coefficient (Wildman–Crippen LogP) is 1.81. The van der Waals surface area contributed by atoms with Gasteiger partial charge in [0.2, 0.25) is 0 Å². The van der Waals surface area contributed by atoms with Gasteiger partial charge >= 0.3 is 5.97 Å². The number of ether oxygens (including phenoxy) is 5. The lowest BCUT2D eigenvalue weighted by atomic mass is 9.67. The van der Waals surface area contributed by atoms with E-state index in [1.165, 1.54) is 38.5 Å². The van der Waals surface area contributed by atoms with Crippen molar-refractivity contribution in [2.45, 2.75) is 43.0 Å². The Hall–Kier alpha value is -4.37. The molecule has 3 aromatic carbocycles. The number of hydrogen-bond donors (Lipinski definition) is 7. The normalized spacial score (nSPS) is 27.0. The number of phenolic OH excluding ortho intramolecular Hbond substituents is 3. The SMILES string of the molecule is COc1cc([C@H]2c3cc(O)c(OC)cc3C[C@@H](CO)[C@@H]2CO[C@@H]2O[C@H](COC(=O)/C=C\c3ccc(O)cc3)[C@@H](O)[C@H](O)[C@H]2O)ccc1O. The van der Waals surface area contributed by atoms with Crippen LogP contribution in [0.3, 0.4) is 0 Å². The Kier molecular flexibility index (Phi) is 11.1. The molecule has 1 saturated heterocycles. The molecule has 48 heavy (non-hydrogen) atoms. The predicted molar refractivity (Wildman–Crippen MR) is 170 cm³/mol. The topological polar surface area (TPSA) is 205 Å². The lowest BCUT2D eigenvalue weighted by molar-refractivity contribution is -0.304. The van der Waals surface area contributed by atoms with Gasteiger partial charge in [0.05, 0.1) is 20.8 Å². The van der Waals surface area contributed by atoms with Crippen molar-refractivity contribution >= 4 is 12.0 Å². The number of methoxy groups -OCH3 is 2. The van der Waals surface area contributed by atoms with Gasteiger partial charge in [-0.3, -0.25) is 0 Å². The van der Waals surface area contributed by atoms with Gasteiger partial charge in [0, 0.05) is 18.6 Å². The molecule has 0 bridgehead atoms. The maximum Gasteiger partial charge on any atom is 0.330 e. The third-order valence-corrected chi connectivity index (χ3v) is 8.91. The van der Waals surface area contributed by atoms with Crippen LogP contribution >= 0.6 is 0 Å². The highest BCUT2D eigenvalue weighted by molar-refractivity contribution is 5.87. The molecule has 0 radical (unpaired) electrons. The van der Waals surface area contributed by atoms with Crippen LogP contribution in [0.2, 0.25) is 0 Å². The molecule has 5 rings (SSSR count). The van der Waals surface area contributed by atoms with E-state index in [0.717, 1.165) is 17.2 Å². The number of aromatic hydroxyl groups is 3. The lowest BCUT2D eigenvalue weighted by Gasteiger charge is -2.43. The number of benzene rings is 3. The largest absolute Gasteiger partial charge is 0.508 e. The Morgan fingerprint density at radius 3 is 2.27 bits per heavy atom. The molecular weight excluding hydrogens is 628 g/mol. The molecular formula is C35H40O13. The first-order chi connectivity index (χ1) is 23.0. The fraction of sp³-hybridized carbons (Fsp3) is 0.400. The summed E-state index contributed by atoms with van der Waals surface area (Å²) < 4.78 is 27.7. The van der Waals surface area contributed by atoms with Crippen LogP contribution in [-0.4, -0.2) is 106 Å². The smallest absolute Gasteiger partial charge is 0.330 e. The molecule has 8 atom stereocenters. The molecule has 1 aliphatic carbocycles. The molecule has 13 heteroatoms. The Bertz CT molecular complexity index is 1590. The second-order valence-corrected chi connectivity index (χ2v) is 11.8. The zero-order chi connectivity index (χ0) is 34.5. The molecule has 1 aliphatic heterocycles. The minimum Gasteiger partial charge on any atom is -0.508 e. The first-order valence-electron chi connectivity index (χ1n) is 15.4. The molecule has 0 amide bonds. The molecule has 1 heterocycles. The van der Waals surface area contributed by atoms with Crippen LogP contribution in [0.15, 0.2) is 60.7 Å². The average Bonchev–Trinajstić information content (AvgIpc) is 3.09. The molecule has 7 N–H and O–H groups in total. The molecule has 0 spiro atoms. The maximum atomic E-state index is 12.4. The minimum atomic E-state index is -1.69. The fourth-order valence-electron chi connectivity index (χ4n) is 6.30. The van der Waals surface area contributed by atoms with Crippen molar-refractivity contribution in [3.63, 3.8) is 0 Å². The number of aliphatic hydroxyl groups excluding tert-OH is 4. The van der Waals surface area contributed by atoms with E-state index in [9.17, 15) is 40.5 Å². The third-order valence-electron chi connectivity index (χ3n) is 8.91. The Balaban J connectivity index is 1.35. The van der Waals surface area contributed by atoms with Crippen molar-refractivity contribution in [1.82, 2.24) is 0 Å². The van der Waals surface area contributed by atoms with Gasteiger partial charge < -0.3 is 59.4 Å². The zero-order valence-corrected chi connectivity index (χ0v) is 26.4. The van der Waals surface area contributed by atoms with Crippen LogP contribution in [0.25, 0.3) is 6.08 Å². The maximum absolute atomic E-state index is 12.4. The standard InChI is InChI=1S/C35H40O13/c1-44-27-12-19(6-9-25(27)38)31-23-14-26(39)28(45-2)13-20(23)11-21(15-36)24(31)16-47-35-34(43)33(42)32(41)29(48-35)17-46-30(40)10-5-18-3-7-22(37)8-4-18/h3-10,12-14,21,24,29,31-39,41-43H,11,15-17H2,1-2H3/b10-5-/t21-,24-,29+,31-,32+,33-,34+,35+/m0/s1. The quantitative estimate of drug-likeness (QED) is 0.115. The number of rotatable bonds is 11. The summed E-state index contributed by atoms with van der Waals surface area (Å²) in [4.78, 5) is 12.4. The highest BCUT2D eigenvalue weighted by Gasteiger charge is 2.46. The summed E-state index contributed by atoms with van der Waals surface area (Å²) in [6, 6.07) is 14.3. The van der Waals surface area contributed by atoms with E-state index in [1.54, 1.807) is 36.4 Å². The minimum absolute atomic E-state index is 0.0739. The molecule has 258 valence electrons. The Morgan fingerprint density at radius 1 is 0.875 bits per heavy atom. The van der Waals surface area contributed by atoms with Crippen molar-refractivity contribution < 1.29 is 64.2 Å². The third kappa shape index (κ3) is 7.51. The van der Waals surface area contributed by atoms with Crippen molar-refractivity contribution in [3.8, 4) is 28.7 Å². The molecule has 0 aromatic heterocycles. The summed E-state index contributed by atoms with van der Waals surface area (Å²) in [5.74, 6) is -1.72. The Morgan fingerprint density at radius 2 is 1.58 bits per heavy atom. The van der Waals surface area contributed by atoms with E-state index >= 15 is 0 Å². The van der Waals surface area contributed by atoms with Crippen LogP contribution in [0.4, 0.5) is 0 Å². The monoisotopic (exact) mass is 668 g/mol. The van der Waals surface area contributed by atoms with E-state index in [-0.39, 0.29) is 47.9 Å². The average molecular weight is 669 g/mol. The van der Waals surface area contributed by atoms with E-state index in [1.807, 2.05) is 0 Å². The summed E-state index contributed by atoms with van der Waals surface area (Å²) in [5.41, 5.74) is 2.87. The van der Waals surface area contributed by atoms with Gasteiger partial charge in [0.1, 0.15) is 36.8 Å². The second kappa shape index (κ2) is 15.2. The summed E-state index contributed by atoms with van der Waals surface area (Å²) in [6.45, 7) is -0.817. The number of aliphatic hydroxyl groups is 4. The van der Waals surface area contributed by atoms with Crippen LogP contribution in [-0.2, 0) is 25.4 Å². The summed E-state index contributed by atoms with van der Waals surface area (Å²) >= 11 is 0. The van der Waals surface area contributed by atoms with Crippen LogP contribution in [0.5, 0.6) is 28.7 Å². The van der Waals surface area contributed by atoms with Gasteiger partial charge in [0.25, 0.3) is 0 Å². The van der Waals surface area contributed by atoms with Crippen LogP contribution < -0.4 is 9.47 Å². The molecule has 2 aliphatic rings. The van der Waals surface area contributed by atoms with E-state index in [4.69, 9.17) is 23.7 Å². The Labute approximate surface area is 276 Å². The molecule has 0 saturated carbocycles. The zero-order valence-electron chi connectivity index (χ0n) is 26.4. The van der Waals surface area contributed by atoms with Gasteiger partial charge in [0.15, 0.2) is 29.3 Å². The number of fused-ring (bicyclic) bond motifs is 1. The van der Waals surface area contributed by atoms with E-state index in [0.29, 0.717) is 17.5 Å². The van der Waals surface area contributed by atoms with Gasteiger partial charge in [-0.05, 0) is 83.0 Å². The first kappa shape index (κ1) is 35.0. The highest BCUT2D eigenvalue weighted by atomic mass is 16.7. The van der Waals surface area contributed by atoms with Crippen LogP contribution in [0, 0.1) is 11.8 Å². The second-order valence-electron chi connectivity index (χ2n) is 11.8. The summed E-state index contributed by atoms with van der Waals surface area (Å²) in [5, 5.41) is 72.9. The van der Waals surface area contributed by atoms with E-state index < -0.39 is 55.1 Å². The van der Waals surface area contributed by atoms with Crippen molar-refractivity contribution in [3.05, 3.63) is 82.9 Å². The number of carbonyl (C=O) groups is 1. The highest BCUT2D eigenvalue weighted by Crippen LogP contribution is 2.48. The van der Waals surface area contributed by atoms with Crippen molar-refractivity contribution in [1.29, 1.82) is 0 Å². The summed E-state index contributed by atoms with van der Waals surface area (Å²) in [7, 11) is 2.86. The van der Waals surface area contributed by atoms with Crippen molar-refractivity contribution in [2.75, 3.05) is 34.0 Å². The molecule has 3 aromatic rings. The number of esters is 1. The van der Waals surface area contributed by atoms with Gasteiger partial charge in [-0.1, -0.05) is 18.2 Å². The number of hydrogen-bond acceptors (Lipinski definition) is 13. The first-order valence-corrected chi connectivity index (χ1v) is 15.4. The van der Waals surface area contributed by atoms with Crippen LogP contribution in [0.1, 0.15) is 28.2 Å². The summed E-state index contributed by atoms with van der Waals surface area (Å²) in [6.07, 6.45) is -4.62.